The Kier molecular flexibility index (Phi) is 7.33. The average Bonchev–Trinajstić information content (AvgIpc) is 3.22. The number of hydrogen-bond donors (Lipinski definition) is 2. The summed E-state index contributed by atoms with van der Waals surface area (Å²) in [7, 11) is 0. The molecule has 4 rings (SSSR count). The third kappa shape index (κ3) is 4.59. The van der Waals surface area contributed by atoms with Gasteiger partial charge in [0.05, 0.1) is 28.9 Å². The van der Waals surface area contributed by atoms with Crippen molar-refractivity contribution in [1.82, 2.24) is 19.9 Å². The first kappa shape index (κ1) is 20.7. The van der Waals surface area contributed by atoms with Gasteiger partial charge in [-0.1, -0.05) is 21.3 Å². The number of hydrogen-bond acceptors (Lipinski definition) is 4. The summed E-state index contributed by atoms with van der Waals surface area (Å²) in [6, 6.07) is 4.31. The first-order valence-corrected chi connectivity index (χ1v) is 7.40. The molecular weight excluding hydrogens is 344 g/mol. The third-order valence-corrected chi connectivity index (χ3v) is 3.04. The van der Waals surface area contributed by atoms with Crippen LogP contribution in [0.15, 0.2) is 43.0 Å². The summed E-state index contributed by atoms with van der Waals surface area (Å²) >= 11 is 0. The Morgan fingerprint density at radius 2 is 1.65 bits per heavy atom. The van der Waals surface area contributed by atoms with Crippen LogP contribution in [0.25, 0.3) is 22.1 Å². The van der Waals surface area contributed by atoms with E-state index in [2.05, 4.69) is 19.9 Å². The summed E-state index contributed by atoms with van der Waals surface area (Å²) in [6.45, 7) is 4.00. The Morgan fingerprint density at radius 1 is 1.04 bits per heavy atom. The van der Waals surface area contributed by atoms with Crippen molar-refractivity contribution in [2.45, 2.75) is 21.3 Å². The Labute approximate surface area is 148 Å². The second-order valence-corrected chi connectivity index (χ2v) is 4.55. The number of nitrogens with one attached hydrogen (secondary N) is 2. The van der Waals surface area contributed by atoms with Gasteiger partial charge in [-0.05, 0) is 18.2 Å². The Hall–Kier alpha value is -3.36. The summed E-state index contributed by atoms with van der Waals surface area (Å²) in [5.41, 5.74) is 0.872. The molecule has 0 spiro atoms. The van der Waals surface area contributed by atoms with E-state index in [9.17, 15) is 18.9 Å². The molecule has 0 bridgehead atoms. The molecule has 4 heterocycles. The quantitative estimate of drug-likeness (QED) is 0.368. The smallest absolute Gasteiger partial charge is 0.296 e. The summed E-state index contributed by atoms with van der Waals surface area (Å²) in [5.74, 6) is -0.887. The van der Waals surface area contributed by atoms with Crippen molar-refractivity contribution in [2.24, 2.45) is 0 Å². The molecule has 0 saturated carbocycles. The topological polar surface area (TPSA) is 100 Å². The highest BCUT2D eigenvalue weighted by Crippen LogP contribution is 2.23. The van der Waals surface area contributed by atoms with Crippen LogP contribution in [0.4, 0.5) is 14.5 Å². The van der Waals surface area contributed by atoms with Crippen LogP contribution in [0.5, 0.6) is 0 Å². The van der Waals surface area contributed by atoms with Crippen molar-refractivity contribution in [1.29, 1.82) is 0 Å². The van der Waals surface area contributed by atoms with Crippen LogP contribution >= 0.6 is 0 Å². The van der Waals surface area contributed by atoms with Crippen LogP contribution in [0.2, 0.25) is 0 Å². The molecule has 0 atom stereocenters. The van der Waals surface area contributed by atoms with E-state index in [1.165, 1.54) is 18.5 Å². The first-order valence-electron chi connectivity index (χ1n) is 7.40. The van der Waals surface area contributed by atoms with E-state index < -0.39 is 10.7 Å². The van der Waals surface area contributed by atoms with Crippen molar-refractivity contribution < 1.29 is 13.7 Å². The Balaban J connectivity index is 0.000000235. The molecule has 138 valence electrons. The summed E-state index contributed by atoms with van der Waals surface area (Å²) in [5, 5.41) is 11.4. The van der Waals surface area contributed by atoms with Crippen molar-refractivity contribution in [3.63, 3.8) is 0 Å². The van der Waals surface area contributed by atoms with Gasteiger partial charge >= 0.3 is 0 Å². The molecule has 0 unspecified atom stereocenters. The molecule has 0 aromatic carbocycles. The number of rotatable bonds is 1. The van der Waals surface area contributed by atoms with E-state index in [0.717, 1.165) is 23.3 Å². The molecule has 0 fully saturated rings. The number of pyridine rings is 2. The average molecular weight is 363 g/mol. The van der Waals surface area contributed by atoms with Crippen LogP contribution in [0.3, 0.4) is 0 Å². The van der Waals surface area contributed by atoms with Crippen LogP contribution in [0.1, 0.15) is 21.3 Å². The first-order chi connectivity index (χ1) is 12.0. The van der Waals surface area contributed by atoms with Gasteiger partial charge in [-0.2, -0.15) is 0 Å². The second-order valence-electron chi connectivity index (χ2n) is 4.55. The van der Waals surface area contributed by atoms with Gasteiger partial charge in [0.25, 0.3) is 5.69 Å². The molecule has 4 aromatic rings. The molecule has 0 amide bonds. The van der Waals surface area contributed by atoms with Gasteiger partial charge in [-0.3, -0.25) is 10.1 Å². The van der Waals surface area contributed by atoms with Crippen molar-refractivity contribution in [2.75, 3.05) is 0 Å². The van der Waals surface area contributed by atoms with Gasteiger partial charge in [0, 0.05) is 11.6 Å². The van der Waals surface area contributed by atoms with Crippen LogP contribution in [-0.2, 0) is 0 Å². The van der Waals surface area contributed by atoms with E-state index in [-0.39, 0.29) is 24.3 Å². The number of nitrogens with zero attached hydrogens (tertiary/aromatic N) is 3. The maximum absolute atomic E-state index is 12.7. The van der Waals surface area contributed by atoms with E-state index in [0.29, 0.717) is 5.65 Å². The van der Waals surface area contributed by atoms with Gasteiger partial charge in [-0.15, -0.1) is 0 Å². The number of aromatic amines is 2. The van der Waals surface area contributed by atoms with Crippen LogP contribution < -0.4 is 0 Å². The molecule has 0 aliphatic heterocycles. The molecule has 26 heavy (non-hydrogen) atoms. The highest BCUT2D eigenvalue weighted by molar-refractivity contribution is 5.85. The predicted octanol–water partition coefficient (Wildman–Crippen LogP) is 4.97. The Bertz CT molecular complexity index is 997. The minimum absolute atomic E-state index is 0. The number of nitro groups is 1. The number of fused-ring (bicyclic) bond motifs is 2. The lowest BCUT2D eigenvalue weighted by atomic mass is 10.3. The standard InChI is InChI=1S/C7H4FN3O2.C7H5FN2.C2H6.CH4/c8-4-1-5-6(11(12)13)3-10-7(5)9-2-4;8-6-3-5-1-2-9-7(5)10-4-6;1-2;/h1-3H,(H,9,10);1-4H,(H,9,10);1-2H3;1H4. The molecule has 0 saturated heterocycles. The number of aromatic nitrogens is 4. The van der Waals surface area contributed by atoms with Gasteiger partial charge in [0.15, 0.2) is 0 Å². The van der Waals surface area contributed by atoms with Gasteiger partial charge in [0.2, 0.25) is 0 Å². The molecule has 0 aliphatic carbocycles. The molecule has 2 N–H and O–H groups in total. The molecule has 7 nitrogen and oxygen atoms in total. The lowest BCUT2D eigenvalue weighted by Crippen LogP contribution is -1.86. The van der Waals surface area contributed by atoms with Crippen molar-refractivity contribution in [3.8, 4) is 0 Å². The highest BCUT2D eigenvalue weighted by atomic mass is 19.1. The minimum atomic E-state index is -0.588. The van der Waals surface area contributed by atoms with E-state index in [1.807, 2.05) is 13.8 Å². The zero-order valence-electron chi connectivity index (χ0n) is 13.5. The molecule has 0 aliphatic rings. The maximum atomic E-state index is 12.7. The van der Waals surface area contributed by atoms with Gasteiger partial charge in [-0.25, -0.2) is 18.7 Å². The molecule has 4 aromatic heterocycles. The fraction of sp³-hybridized carbons (Fsp3) is 0.176. The molecular formula is C17H19F2N5O2. The minimum Gasteiger partial charge on any atom is -0.346 e. The lowest BCUT2D eigenvalue weighted by Gasteiger charge is -1.88. The maximum Gasteiger partial charge on any atom is 0.296 e. The monoisotopic (exact) mass is 363 g/mol. The summed E-state index contributed by atoms with van der Waals surface area (Å²) in [4.78, 5) is 22.7. The Morgan fingerprint density at radius 3 is 2.31 bits per heavy atom. The number of H-pyrrole nitrogens is 2. The number of halogens is 2. The molecule has 9 heteroatoms. The lowest BCUT2D eigenvalue weighted by molar-refractivity contribution is -0.383. The fourth-order valence-electron chi connectivity index (χ4n) is 2.03. The largest absolute Gasteiger partial charge is 0.346 e. The van der Waals surface area contributed by atoms with E-state index >= 15 is 0 Å². The van der Waals surface area contributed by atoms with E-state index in [1.54, 1.807) is 12.3 Å². The van der Waals surface area contributed by atoms with Gasteiger partial charge in [0.1, 0.15) is 22.9 Å². The SMILES string of the molecule is C.CC.Fc1cnc2[nH]ccc2c1.O=[N+]([O-])c1c[nH]c2ncc(F)cc12. The van der Waals surface area contributed by atoms with Crippen molar-refractivity contribution >= 4 is 27.8 Å². The summed E-state index contributed by atoms with van der Waals surface area (Å²) in [6.07, 6.45) is 5.12. The predicted molar refractivity (Wildman–Crippen MR) is 96.8 cm³/mol. The highest BCUT2D eigenvalue weighted by Gasteiger charge is 2.14. The van der Waals surface area contributed by atoms with Gasteiger partial charge < -0.3 is 9.97 Å². The van der Waals surface area contributed by atoms with Crippen LogP contribution in [-0.4, -0.2) is 24.9 Å². The fourth-order valence-corrected chi connectivity index (χ4v) is 2.03. The normalized spacial score (nSPS) is 9.54. The summed E-state index contributed by atoms with van der Waals surface area (Å²) < 4.78 is 25.1. The zero-order chi connectivity index (χ0) is 18.4. The van der Waals surface area contributed by atoms with Crippen molar-refractivity contribution in [3.05, 3.63) is 64.7 Å². The van der Waals surface area contributed by atoms with Crippen LogP contribution in [0, 0.1) is 21.7 Å². The zero-order valence-corrected chi connectivity index (χ0v) is 13.5. The molecule has 0 radical (unpaired) electrons. The van der Waals surface area contributed by atoms with E-state index in [4.69, 9.17) is 0 Å². The third-order valence-electron chi connectivity index (χ3n) is 3.04. The second kappa shape index (κ2) is 9.21.